The van der Waals surface area contributed by atoms with Gasteiger partial charge in [0.1, 0.15) is 23.4 Å². The van der Waals surface area contributed by atoms with Gasteiger partial charge in [0.05, 0.1) is 32.6 Å². The zero-order valence-electron chi connectivity index (χ0n) is 26.6. The molecule has 5 aromatic rings. The minimum Gasteiger partial charge on any atom is -0.497 e. The number of hydrogen-bond acceptors (Lipinski definition) is 5. The molecular weight excluding hydrogens is 582 g/mol. The molecule has 6 heteroatoms. The molecular formula is C41H35N3O3. The number of benzene rings is 5. The third kappa shape index (κ3) is 5.87. The molecule has 0 radical (unpaired) electrons. The summed E-state index contributed by atoms with van der Waals surface area (Å²) >= 11 is 0. The quantitative estimate of drug-likeness (QED) is 0.182. The number of methoxy groups -OCH3 is 3. The van der Waals surface area contributed by atoms with Gasteiger partial charge in [-0.3, -0.25) is 5.32 Å². The lowest BCUT2D eigenvalue weighted by atomic mass is 9.83. The van der Waals surface area contributed by atoms with E-state index in [-0.39, 0.29) is 0 Å². The maximum atomic E-state index is 5.51. The lowest BCUT2D eigenvalue weighted by molar-refractivity contribution is 0.413. The van der Waals surface area contributed by atoms with Crippen molar-refractivity contribution in [3.63, 3.8) is 0 Å². The maximum Gasteiger partial charge on any atom is 0.157 e. The van der Waals surface area contributed by atoms with E-state index in [1.807, 2.05) is 60.7 Å². The Balaban J connectivity index is 1.40. The van der Waals surface area contributed by atoms with Crippen LogP contribution in [-0.4, -0.2) is 39.0 Å². The first-order chi connectivity index (χ1) is 23.1. The third-order valence-corrected chi connectivity index (χ3v) is 8.70. The van der Waals surface area contributed by atoms with E-state index in [4.69, 9.17) is 24.2 Å². The van der Waals surface area contributed by atoms with Gasteiger partial charge in [0.15, 0.2) is 5.84 Å². The molecule has 47 heavy (non-hydrogen) atoms. The zero-order chi connectivity index (χ0) is 32.2. The fourth-order valence-corrected chi connectivity index (χ4v) is 6.20. The van der Waals surface area contributed by atoms with E-state index in [0.717, 1.165) is 61.9 Å². The van der Waals surface area contributed by atoms with Gasteiger partial charge in [-0.25, -0.2) is 9.98 Å². The van der Waals surface area contributed by atoms with Crippen LogP contribution in [0.1, 0.15) is 27.8 Å². The SMILES string of the molecule is COc1ccc(C2=CC(c3ccccc3)=NC2=NC2NC(c3ccccc3)(c3ccc(OC)cc3)C=C2c2ccc(OC)cc2)cc1. The summed E-state index contributed by atoms with van der Waals surface area (Å²) in [5.74, 6) is 3.05. The second-order valence-electron chi connectivity index (χ2n) is 11.4. The Hall–Kier alpha value is -5.72. The Labute approximate surface area is 275 Å². The van der Waals surface area contributed by atoms with Crippen molar-refractivity contribution in [1.29, 1.82) is 0 Å². The molecule has 2 heterocycles. The molecule has 1 N–H and O–H groups in total. The van der Waals surface area contributed by atoms with Gasteiger partial charge in [-0.05, 0) is 76.4 Å². The van der Waals surface area contributed by atoms with Gasteiger partial charge in [0, 0.05) is 11.1 Å². The molecule has 7 rings (SSSR count). The Morgan fingerprint density at radius 2 is 1.09 bits per heavy atom. The van der Waals surface area contributed by atoms with Crippen LogP contribution in [0.3, 0.4) is 0 Å². The number of nitrogens with zero attached hydrogens (tertiary/aromatic N) is 2. The highest BCUT2D eigenvalue weighted by molar-refractivity contribution is 6.38. The van der Waals surface area contributed by atoms with Gasteiger partial charge in [-0.2, -0.15) is 0 Å². The highest BCUT2D eigenvalue weighted by atomic mass is 16.5. The van der Waals surface area contributed by atoms with Crippen molar-refractivity contribution < 1.29 is 14.2 Å². The summed E-state index contributed by atoms with van der Waals surface area (Å²) in [4.78, 5) is 10.6. The van der Waals surface area contributed by atoms with Crippen LogP contribution in [0.5, 0.6) is 17.2 Å². The van der Waals surface area contributed by atoms with Crippen LogP contribution in [0.4, 0.5) is 0 Å². The normalized spacial score (nSPS) is 19.6. The summed E-state index contributed by atoms with van der Waals surface area (Å²) in [7, 11) is 5.04. The van der Waals surface area contributed by atoms with Crippen molar-refractivity contribution in [2.45, 2.75) is 11.7 Å². The predicted molar refractivity (Wildman–Crippen MR) is 189 cm³/mol. The second kappa shape index (κ2) is 12.9. The van der Waals surface area contributed by atoms with Crippen LogP contribution in [0.15, 0.2) is 156 Å². The van der Waals surface area contributed by atoms with E-state index < -0.39 is 11.7 Å². The highest BCUT2D eigenvalue weighted by Gasteiger charge is 2.42. The number of hydrogen-bond donors (Lipinski definition) is 1. The van der Waals surface area contributed by atoms with Crippen LogP contribution in [-0.2, 0) is 5.54 Å². The molecule has 0 saturated heterocycles. The fourth-order valence-electron chi connectivity index (χ4n) is 6.20. The molecule has 0 amide bonds. The second-order valence-corrected chi connectivity index (χ2v) is 11.4. The van der Waals surface area contributed by atoms with Crippen molar-refractivity contribution >= 4 is 22.7 Å². The highest BCUT2D eigenvalue weighted by Crippen LogP contribution is 2.43. The monoisotopic (exact) mass is 617 g/mol. The minimum atomic E-state index is -0.675. The largest absolute Gasteiger partial charge is 0.497 e. The molecule has 2 atom stereocenters. The van der Waals surface area contributed by atoms with Gasteiger partial charge in [0.2, 0.25) is 0 Å². The smallest absolute Gasteiger partial charge is 0.157 e. The van der Waals surface area contributed by atoms with E-state index in [0.29, 0.717) is 5.84 Å². The molecule has 0 fully saturated rings. The summed E-state index contributed by atoms with van der Waals surface area (Å²) in [5, 5.41) is 3.95. The number of amidine groups is 1. The van der Waals surface area contributed by atoms with Crippen molar-refractivity contribution in [2.24, 2.45) is 9.98 Å². The first kappa shape index (κ1) is 30.0. The van der Waals surface area contributed by atoms with Crippen molar-refractivity contribution in [2.75, 3.05) is 21.3 Å². The molecule has 2 unspecified atom stereocenters. The van der Waals surface area contributed by atoms with Crippen LogP contribution < -0.4 is 19.5 Å². The molecule has 0 spiro atoms. The standard InChI is InChI=1S/C41H35N3O3/c1-45-33-20-14-28(15-21-33)36-26-38(30-10-6-4-7-11-30)42-39(36)43-40-37(29-16-22-34(46-2)23-17-29)27-41(44-40,31-12-8-5-9-13-31)32-18-24-35(47-3)25-19-32/h4-27,40,44H,1-3H3. The Morgan fingerprint density at radius 3 is 1.66 bits per heavy atom. The third-order valence-electron chi connectivity index (χ3n) is 8.70. The van der Waals surface area contributed by atoms with Crippen molar-refractivity contribution in [3.05, 3.63) is 173 Å². The summed E-state index contributed by atoms with van der Waals surface area (Å²) < 4.78 is 16.4. The molecule has 2 aliphatic rings. The topological polar surface area (TPSA) is 64.4 Å². The minimum absolute atomic E-state index is 0.429. The van der Waals surface area contributed by atoms with Crippen LogP contribution >= 0.6 is 0 Å². The van der Waals surface area contributed by atoms with Gasteiger partial charge in [-0.1, -0.05) is 97.1 Å². The van der Waals surface area contributed by atoms with E-state index in [9.17, 15) is 0 Å². The van der Waals surface area contributed by atoms with Gasteiger partial charge in [0.25, 0.3) is 0 Å². The van der Waals surface area contributed by atoms with Gasteiger partial charge < -0.3 is 14.2 Å². The number of rotatable bonds is 9. The van der Waals surface area contributed by atoms with E-state index >= 15 is 0 Å². The molecule has 0 saturated carbocycles. The molecule has 0 aliphatic carbocycles. The number of aliphatic imine (C=N–C) groups is 2. The van der Waals surface area contributed by atoms with E-state index in [1.165, 1.54) is 0 Å². The van der Waals surface area contributed by atoms with Crippen molar-refractivity contribution in [3.8, 4) is 17.2 Å². The number of nitrogens with one attached hydrogen (secondary N) is 1. The summed E-state index contributed by atoms with van der Waals surface area (Å²) in [6.45, 7) is 0. The first-order valence-electron chi connectivity index (χ1n) is 15.5. The lowest BCUT2D eigenvalue weighted by Gasteiger charge is -2.31. The van der Waals surface area contributed by atoms with E-state index in [1.54, 1.807) is 21.3 Å². The molecule has 5 aromatic carbocycles. The Bertz CT molecular complexity index is 1980. The summed E-state index contributed by atoms with van der Waals surface area (Å²) in [6, 6.07) is 45.1. The number of allylic oxidation sites excluding steroid dienone is 1. The predicted octanol–water partition coefficient (Wildman–Crippen LogP) is 7.95. The maximum absolute atomic E-state index is 5.51. The first-order valence-corrected chi connectivity index (χ1v) is 15.5. The molecule has 6 nitrogen and oxygen atoms in total. The Kier molecular flexibility index (Phi) is 8.25. The summed E-state index contributed by atoms with van der Waals surface area (Å²) in [6.07, 6.45) is 3.99. The van der Waals surface area contributed by atoms with Crippen LogP contribution in [0.2, 0.25) is 0 Å². The van der Waals surface area contributed by atoms with Crippen LogP contribution in [0.25, 0.3) is 11.1 Å². The zero-order valence-corrected chi connectivity index (χ0v) is 26.6. The van der Waals surface area contributed by atoms with E-state index in [2.05, 4.69) is 90.3 Å². The molecule has 0 aromatic heterocycles. The number of ether oxygens (including phenoxy) is 3. The van der Waals surface area contributed by atoms with Gasteiger partial charge >= 0.3 is 0 Å². The van der Waals surface area contributed by atoms with Crippen molar-refractivity contribution in [1.82, 2.24) is 5.32 Å². The molecule has 0 bridgehead atoms. The van der Waals surface area contributed by atoms with Crippen LogP contribution in [0, 0.1) is 0 Å². The Morgan fingerprint density at radius 1 is 0.574 bits per heavy atom. The fraction of sp³-hybridized carbons (Fsp3) is 0.122. The molecule has 2 aliphatic heterocycles. The van der Waals surface area contributed by atoms with Gasteiger partial charge in [-0.15, -0.1) is 0 Å². The lowest BCUT2D eigenvalue weighted by Crippen LogP contribution is -2.42. The summed E-state index contributed by atoms with van der Waals surface area (Å²) in [5.41, 5.74) is 7.44. The average molecular weight is 618 g/mol. The average Bonchev–Trinajstić information content (AvgIpc) is 3.75. The molecule has 232 valence electrons.